The standard InChI is InChI=1S/C14H25N3/c1-11(2)5-4-6-12(3)17-10-16-9-14(17)13-7-15-8-13/h9-13,15H,4-8H2,1-3H3. The minimum Gasteiger partial charge on any atom is -0.331 e. The largest absolute Gasteiger partial charge is 0.331 e. The van der Waals surface area contributed by atoms with Gasteiger partial charge in [-0.25, -0.2) is 4.98 Å². The maximum atomic E-state index is 4.32. The van der Waals surface area contributed by atoms with Crippen LogP contribution in [0.5, 0.6) is 0 Å². The van der Waals surface area contributed by atoms with Crippen molar-refractivity contribution in [2.45, 2.75) is 52.0 Å². The number of nitrogens with zero attached hydrogens (tertiary/aromatic N) is 2. The van der Waals surface area contributed by atoms with Crippen molar-refractivity contribution in [3.05, 3.63) is 18.2 Å². The highest BCUT2D eigenvalue weighted by atomic mass is 15.1. The first kappa shape index (κ1) is 12.6. The molecule has 0 aliphatic carbocycles. The van der Waals surface area contributed by atoms with Gasteiger partial charge in [0.2, 0.25) is 0 Å². The SMILES string of the molecule is CC(C)CCCC(C)n1cncc1C1CNC1. The highest BCUT2D eigenvalue weighted by Gasteiger charge is 2.23. The van der Waals surface area contributed by atoms with Gasteiger partial charge in [0, 0.05) is 36.9 Å². The van der Waals surface area contributed by atoms with Gasteiger partial charge in [0.05, 0.1) is 6.33 Å². The summed E-state index contributed by atoms with van der Waals surface area (Å²) < 4.78 is 2.38. The van der Waals surface area contributed by atoms with Crippen LogP contribution in [-0.4, -0.2) is 22.6 Å². The van der Waals surface area contributed by atoms with Gasteiger partial charge in [-0.2, -0.15) is 0 Å². The summed E-state index contributed by atoms with van der Waals surface area (Å²) in [5.41, 5.74) is 1.42. The summed E-state index contributed by atoms with van der Waals surface area (Å²) in [5, 5.41) is 3.33. The number of hydrogen-bond acceptors (Lipinski definition) is 2. The van der Waals surface area contributed by atoms with E-state index in [2.05, 4.69) is 35.6 Å². The highest BCUT2D eigenvalue weighted by molar-refractivity contribution is 5.12. The third-order valence-electron chi connectivity index (χ3n) is 3.77. The fourth-order valence-electron chi connectivity index (χ4n) is 2.46. The molecule has 3 nitrogen and oxygen atoms in total. The van der Waals surface area contributed by atoms with E-state index in [4.69, 9.17) is 0 Å². The summed E-state index contributed by atoms with van der Waals surface area (Å²) in [5.74, 6) is 1.50. The Labute approximate surface area is 105 Å². The summed E-state index contributed by atoms with van der Waals surface area (Å²) in [6, 6.07) is 0.590. The molecule has 1 atom stereocenters. The van der Waals surface area contributed by atoms with E-state index in [-0.39, 0.29) is 0 Å². The van der Waals surface area contributed by atoms with E-state index in [1.54, 1.807) is 0 Å². The first-order valence-electron chi connectivity index (χ1n) is 6.91. The smallest absolute Gasteiger partial charge is 0.0950 e. The molecule has 17 heavy (non-hydrogen) atoms. The van der Waals surface area contributed by atoms with Gasteiger partial charge < -0.3 is 9.88 Å². The number of nitrogens with one attached hydrogen (secondary N) is 1. The summed E-state index contributed by atoms with van der Waals surface area (Å²) in [6.45, 7) is 9.15. The maximum absolute atomic E-state index is 4.32. The predicted octanol–water partition coefficient (Wildman–Crippen LogP) is 2.96. The van der Waals surface area contributed by atoms with E-state index in [0.717, 1.165) is 19.0 Å². The van der Waals surface area contributed by atoms with Crippen molar-refractivity contribution >= 4 is 0 Å². The van der Waals surface area contributed by atoms with Gasteiger partial charge in [-0.3, -0.25) is 0 Å². The van der Waals surface area contributed by atoms with Crippen LogP contribution in [0.25, 0.3) is 0 Å². The lowest BCUT2D eigenvalue weighted by Crippen LogP contribution is -2.41. The molecule has 2 heterocycles. The van der Waals surface area contributed by atoms with Gasteiger partial charge in [0.15, 0.2) is 0 Å². The normalized spacial score (nSPS) is 18.4. The molecule has 0 saturated carbocycles. The number of aromatic nitrogens is 2. The quantitative estimate of drug-likeness (QED) is 0.821. The van der Waals surface area contributed by atoms with Crippen molar-refractivity contribution in [2.24, 2.45) is 5.92 Å². The zero-order valence-electron chi connectivity index (χ0n) is 11.3. The van der Waals surface area contributed by atoms with Crippen LogP contribution in [0, 0.1) is 5.92 Å². The van der Waals surface area contributed by atoms with E-state index in [1.165, 1.54) is 25.0 Å². The zero-order chi connectivity index (χ0) is 12.3. The first-order chi connectivity index (χ1) is 8.18. The Balaban J connectivity index is 1.89. The molecule has 1 aliphatic heterocycles. The molecule has 0 spiro atoms. The third-order valence-corrected chi connectivity index (χ3v) is 3.77. The van der Waals surface area contributed by atoms with Crippen LogP contribution in [0.15, 0.2) is 12.5 Å². The molecule has 1 aromatic rings. The lowest BCUT2D eigenvalue weighted by atomic mass is 9.98. The van der Waals surface area contributed by atoms with E-state index in [0.29, 0.717) is 12.0 Å². The minimum atomic E-state index is 0.590. The molecule has 1 saturated heterocycles. The van der Waals surface area contributed by atoms with Gasteiger partial charge in [0.25, 0.3) is 0 Å². The topological polar surface area (TPSA) is 29.9 Å². The van der Waals surface area contributed by atoms with E-state index in [1.807, 2.05) is 12.5 Å². The van der Waals surface area contributed by atoms with Crippen LogP contribution in [0.4, 0.5) is 0 Å². The van der Waals surface area contributed by atoms with Crippen molar-refractivity contribution in [1.29, 1.82) is 0 Å². The first-order valence-corrected chi connectivity index (χ1v) is 6.91. The number of rotatable bonds is 6. The monoisotopic (exact) mass is 235 g/mol. The Hall–Kier alpha value is -0.830. The van der Waals surface area contributed by atoms with Crippen LogP contribution in [0.1, 0.15) is 57.7 Å². The fraction of sp³-hybridized carbons (Fsp3) is 0.786. The molecule has 1 unspecified atom stereocenters. The molecule has 0 amide bonds. The second-order valence-corrected chi connectivity index (χ2v) is 5.75. The average Bonchev–Trinajstić information content (AvgIpc) is 2.63. The molecule has 1 fully saturated rings. The van der Waals surface area contributed by atoms with Crippen LogP contribution in [0.3, 0.4) is 0 Å². The lowest BCUT2D eigenvalue weighted by molar-refractivity contribution is 0.389. The van der Waals surface area contributed by atoms with E-state index < -0.39 is 0 Å². The molecule has 1 aromatic heterocycles. The Morgan fingerprint density at radius 1 is 1.35 bits per heavy atom. The molecule has 1 aliphatic rings. The van der Waals surface area contributed by atoms with Crippen molar-refractivity contribution < 1.29 is 0 Å². The van der Waals surface area contributed by atoms with Crippen LogP contribution in [-0.2, 0) is 0 Å². The maximum Gasteiger partial charge on any atom is 0.0950 e. The molecule has 0 aromatic carbocycles. The van der Waals surface area contributed by atoms with Crippen molar-refractivity contribution in [1.82, 2.24) is 14.9 Å². The van der Waals surface area contributed by atoms with Gasteiger partial charge in [-0.1, -0.05) is 26.7 Å². The fourth-order valence-corrected chi connectivity index (χ4v) is 2.46. The van der Waals surface area contributed by atoms with Gasteiger partial charge in [-0.05, 0) is 19.3 Å². The van der Waals surface area contributed by atoms with E-state index >= 15 is 0 Å². The summed E-state index contributed by atoms with van der Waals surface area (Å²) in [6.07, 6.45) is 7.97. The Morgan fingerprint density at radius 3 is 2.71 bits per heavy atom. The number of hydrogen-bond donors (Lipinski definition) is 1. The van der Waals surface area contributed by atoms with Crippen LogP contribution < -0.4 is 5.32 Å². The molecule has 0 radical (unpaired) electrons. The zero-order valence-corrected chi connectivity index (χ0v) is 11.3. The Morgan fingerprint density at radius 2 is 2.12 bits per heavy atom. The highest BCUT2D eigenvalue weighted by Crippen LogP contribution is 2.25. The Kier molecular flexibility index (Phi) is 4.21. The van der Waals surface area contributed by atoms with Crippen LogP contribution in [0.2, 0.25) is 0 Å². The third kappa shape index (κ3) is 3.09. The summed E-state index contributed by atoms with van der Waals surface area (Å²) in [7, 11) is 0. The Bertz CT molecular complexity index is 339. The van der Waals surface area contributed by atoms with Gasteiger partial charge in [-0.15, -0.1) is 0 Å². The van der Waals surface area contributed by atoms with Crippen molar-refractivity contribution in [3.63, 3.8) is 0 Å². The van der Waals surface area contributed by atoms with Crippen LogP contribution >= 0.6 is 0 Å². The minimum absolute atomic E-state index is 0.590. The molecule has 3 heteroatoms. The van der Waals surface area contributed by atoms with Crippen molar-refractivity contribution in [3.8, 4) is 0 Å². The average molecular weight is 235 g/mol. The summed E-state index contributed by atoms with van der Waals surface area (Å²) >= 11 is 0. The molecular formula is C14H25N3. The molecule has 1 N–H and O–H groups in total. The van der Waals surface area contributed by atoms with Gasteiger partial charge in [0.1, 0.15) is 0 Å². The van der Waals surface area contributed by atoms with E-state index in [9.17, 15) is 0 Å². The number of imidazole rings is 1. The lowest BCUT2D eigenvalue weighted by Gasteiger charge is -2.29. The molecular weight excluding hydrogens is 210 g/mol. The van der Waals surface area contributed by atoms with Gasteiger partial charge >= 0.3 is 0 Å². The second-order valence-electron chi connectivity index (χ2n) is 5.75. The molecule has 2 rings (SSSR count). The second kappa shape index (κ2) is 5.67. The van der Waals surface area contributed by atoms with Crippen molar-refractivity contribution in [2.75, 3.05) is 13.1 Å². The predicted molar refractivity (Wildman–Crippen MR) is 71.2 cm³/mol. The molecule has 96 valence electrons. The summed E-state index contributed by atoms with van der Waals surface area (Å²) in [4.78, 5) is 4.32. The molecule has 0 bridgehead atoms.